The SMILES string of the molecule is CC(C)OCc1ccnc(Cl)c1. The van der Waals surface area contributed by atoms with Gasteiger partial charge in [-0.25, -0.2) is 4.98 Å². The molecule has 1 aromatic heterocycles. The number of nitrogens with zero attached hydrogens (tertiary/aromatic N) is 1. The molecule has 0 bridgehead atoms. The summed E-state index contributed by atoms with van der Waals surface area (Å²) in [5, 5.41) is 0.514. The molecule has 0 saturated carbocycles. The summed E-state index contributed by atoms with van der Waals surface area (Å²) in [6.45, 7) is 4.60. The average molecular weight is 186 g/mol. The Balaban J connectivity index is 2.52. The molecule has 1 aromatic rings. The van der Waals surface area contributed by atoms with E-state index in [2.05, 4.69) is 4.98 Å². The molecule has 0 fully saturated rings. The number of rotatable bonds is 3. The monoisotopic (exact) mass is 185 g/mol. The highest BCUT2D eigenvalue weighted by atomic mass is 35.5. The van der Waals surface area contributed by atoms with Crippen LogP contribution in [0.3, 0.4) is 0 Å². The summed E-state index contributed by atoms with van der Waals surface area (Å²) >= 11 is 5.69. The third-order valence-electron chi connectivity index (χ3n) is 1.37. The first kappa shape index (κ1) is 9.49. The molecular weight excluding hydrogens is 174 g/mol. The Labute approximate surface area is 77.5 Å². The van der Waals surface area contributed by atoms with Gasteiger partial charge in [-0.1, -0.05) is 11.6 Å². The lowest BCUT2D eigenvalue weighted by Crippen LogP contribution is -2.02. The lowest BCUT2D eigenvalue weighted by molar-refractivity contribution is 0.0657. The van der Waals surface area contributed by atoms with Crippen molar-refractivity contribution in [2.45, 2.75) is 26.6 Å². The quantitative estimate of drug-likeness (QED) is 0.676. The van der Waals surface area contributed by atoms with Crippen LogP contribution >= 0.6 is 11.6 Å². The molecule has 0 saturated heterocycles. The van der Waals surface area contributed by atoms with Crippen LogP contribution in [0.25, 0.3) is 0 Å². The summed E-state index contributed by atoms with van der Waals surface area (Å²) < 4.78 is 5.40. The van der Waals surface area contributed by atoms with Gasteiger partial charge in [-0.05, 0) is 31.5 Å². The summed E-state index contributed by atoms with van der Waals surface area (Å²) in [4.78, 5) is 3.88. The van der Waals surface area contributed by atoms with Crippen molar-refractivity contribution in [1.82, 2.24) is 4.98 Å². The summed E-state index contributed by atoms with van der Waals surface area (Å²) in [6.07, 6.45) is 1.93. The van der Waals surface area contributed by atoms with Crippen molar-refractivity contribution in [3.63, 3.8) is 0 Å². The maximum atomic E-state index is 5.69. The van der Waals surface area contributed by atoms with E-state index in [1.165, 1.54) is 0 Å². The van der Waals surface area contributed by atoms with E-state index in [0.29, 0.717) is 11.8 Å². The molecule has 0 radical (unpaired) electrons. The Kier molecular flexibility index (Phi) is 3.50. The molecule has 0 aromatic carbocycles. The van der Waals surface area contributed by atoms with E-state index in [9.17, 15) is 0 Å². The maximum Gasteiger partial charge on any atom is 0.129 e. The van der Waals surface area contributed by atoms with Crippen LogP contribution in [-0.4, -0.2) is 11.1 Å². The van der Waals surface area contributed by atoms with Gasteiger partial charge in [-0.2, -0.15) is 0 Å². The first-order valence-electron chi connectivity index (χ1n) is 3.90. The van der Waals surface area contributed by atoms with Gasteiger partial charge in [0.25, 0.3) is 0 Å². The zero-order valence-electron chi connectivity index (χ0n) is 7.25. The summed E-state index contributed by atoms with van der Waals surface area (Å²) in [7, 11) is 0. The van der Waals surface area contributed by atoms with E-state index in [4.69, 9.17) is 16.3 Å². The van der Waals surface area contributed by atoms with Crippen molar-refractivity contribution >= 4 is 11.6 Å². The van der Waals surface area contributed by atoms with Crippen LogP contribution in [0.2, 0.25) is 5.15 Å². The largest absolute Gasteiger partial charge is 0.374 e. The minimum Gasteiger partial charge on any atom is -0.374 e. The van der Waals surface area contributed by atoms with Crippen LogP contribution in [0.4, 0.5) is 0 Å². The standard InChI is InChI=1S/C9H12ClNO/c1-7(2)12-6-8-3-4-11-9(10)5-8/h3-5,7H,6H2,1-2H3. The Hall–Kier alpha value is -0.600. The van der Waals surface area contributed by atoms with E-state index in [1.54, 1.807) is 6.20 Å². The summed E-state index contributed by atoms with van der Waals surface area (Å²) in [5.74, 6) is 0. The van der Waals surface area contributed by atoms with Gasteiger partial charge in [0.2, 0.25) is 0 Å². The topological polar surface area (TPSA) is 22.1 Å². The summed E-state index contributed by atoms with van der Waals surface area (Å²) in [5.41, 5.74) is 1.06. The van der Waals surface area contributed by atoms with Crippen LogP contribution in [0.15, 0.2) is 18.3 Å². The zero-order valence-corrected chi connectivity index (χ0v) is 8.01. The highest BCUT2D eigenvalue weighted by Gasteiger charge is 1.96. The Morgan fingerprint density at radius 1 is 1.58 bits per heavy atom. The molecule has 0 unspecified atom stereocenters. The van der Waals surface area contributed by atoms with Crippen molar-refractivity contribution in [1.29, 1.82) is 0 Å². The van der Waals surface area contributed by atoms with Gasteiger partial charge in [0.1, 0.15) is 5.15 Å². The normalized spacial score (nSPS) is 10.7. The molecular formula is C9H12ClNO. The number of pyridine rings is 1. The Morgan fingerprint density at radius 3 is 2.92 bits per heavy atom. The lowest BCUT2D eigenvalue weighted by Gasteiger charge is -2.06. The Morgan fingerprint density at radius 2 is 2.33 bits per heavy atom. The van der Waals surface area contributed by atoms with Gasteiger partial charge in [0.05, 0.1) is 12.7 Å². The lowest BCUT2D eigenvalue weighted by atomic mass is 10.3. The van der Waals surface area contributed by atoms with Gasteiger partial charge in [0.15, 0.2) is 0 Å². The molecule has 0 spiro atoms. The van der Waals surface area contributed by atoms with Crippen molar-refractivity contribution in [3.8, 4) is 0 Å². The van der Waals surface area contributed by atoms with E-state index in [1.807, 2.05) is 26.0 Å². The minimum absolute atomic E-state index is 0.247. The highest BCUT2D eigenvalue weighted by molar-refractivity contribution is 6.29. The smallest absolute Gasteiger partial charge is 0.129 e. The second-order valence-corrected chi connectivity index (χ2v) is 3.23. The minimum atomic E-state index is 0.247. The molecule has 66 valence electrons. The molecule has 0 atom stereocenters. The molecule has 0 aliphatic carbocycles. The fourth-order valence-corrected chi connectivity index (χ4v) is 0.992. The van der Waals surface area contributed by atoms with E-state index >= 15 is 0 Å². The predicted molar refractivity (Wildman–Crippen MR) is 49.2 cm³/mol. The van der Waals surface area contributed by atoms with Gasteiger partial charge in [-0.15, -0.1) is 0 Å². The molecule has 1 heterocycles. The maximum absolute atomic E-state index is 5.69. The Bertz CT molecular complexity index is 250. The molecule has 0 aliphatic rings. The third kappa shape index (κ3) is 3.20. The molecule has 12 heavy (non-hydrogen) atoms. The number of hydrogen-bond acceptors (Lipinski definition) is 2. The number of halogens is 1. The molecule has 0 amide bonds. The van der Waals surface area contributed by atoms with Crippen LogP contribution in [0.5, 0.6) is 0 Å². The predicted octanol–water partition coefficient (Wildman–Crippen LogP) is 2.66. The fourth-order valence-electron chi connectivity index (χ4n) is 0.795. The van der Waals surface area contributed by atoms with Crippen LogP contribution in [-0.2, 0) is 11.3 Å². The average Bonchev–Trinajstić information content (AvgIpc) is 2.01. The summed E-state index contributed by atoms with van der Waals surface area (Å²) in [6, 6.07) is 3.71. The second kappa shape index (κ2) is 4.43. The van der Waals surface area contributed by atoms with Crippen LogP contribution in [0.1, 0.15) is 19.4 Å². The van der Waals surface area contributed by atoms with Crippen molar-refractivity contribution in [2.24, 2.45) is 0 Å². The van der Waals surface area contributed by atoms with Gasteiger partial charge in [-0.3, -0.25) is 0 Å². The van der Waals surface area contributed by atoms with E-state index < -0.39 is 0 Å². The van der Waals surface area contributed by atoms with Crippen LogP contribution in [0, 0.1) is 0 Å². The molecule has 0 aliphatic heterocycles. The van der Waals surface area contributed by atoms with Crippen LogP contribution < -0.4 is 0 Å². The third-order valence-corrected chi connectivity index (χ3v) is 1.58. The highest BCUT2D eigenvalue weighted by Crippen LogP contribution is 2.08. The number of ether oxygens (including phenoxy) is 1. The number of aromatic nitrogens is 1. The van der Waals surface area contributed by atoms with Crippen molar-refractivity contribution in [3.05, 3.63) is 29.0 Å². The first-order chi connectivity index (χ1) is 5.68. The molecule has 3 heteroatoms. The molecule has 2 nitrogen and oxygen atoms in total. The van der Waals surface area contributed by atoms with E-state index in [-0.39, 0.29) is 6.10 Å². The molecule has 0 N–H and O–H groups in total. The van der Waals surface area contributed by atoms with E-state index in [0.717, 1.165) is 5.56 Å². The fraction of sp³-hybridized carbons (Fsp3) is 0.444. The van der Waals surface area contributed by atoms with Gasteiger partial charge < -0.3 is 4.74 Å². The van der Waals surface area contributed by atoms with Crippen molar-refractivity contribution in [2.75, 3.05) is 0 Å². The first-order valence-corrected chi connectivity index (χ1v) is 4.28. The van der Waals surface area contributed by atoms with Crippen molar-refractivity contribution < 1.29 is 4.74 Å². The zero-order chi connectivity index (χ0) is 8.97. The van der Waals surface area contributed by atoms with Gasteiger partial charge >= 0.3 is 0 Å². The number of hydrogen-bond donors (Lipinski definition) is 0. The van der Waals surface area contributed by atoms with Gasteiger partial charge in [0, 0.05) is 6.20 Å². The molecule has 1 rings (SSSR count). The second-order valence-electron chi connectivity index (χ2n) is 2.85.